The largest absolute Gasteiger partial charge is 0.373 e. The molecule has 29 heavy (non-hydrogen) atoms. The van der Waals surface area contributed by atoms with Gasteiger partial charge in [-0.1, -0.05) is 20.3 Å². The van der Waals surface area contributed by atoms with E-state index in [1.54, 1.807) is 25.6 Å². The number of primary amides is 1. The van der Waals surface area contributed by atoms with Crippen LogP contribution in [-0.4, -0.2) is 51.4 Å². The summed E-state index contributed by atoms with van der Waals surface area (Å²) in [5, 5.41) is 10.9. The van der Waals surface area contributed by atoms with Gasteiger partial charge < -0.3 is 10.5 Å². The molecule has 1 amide bonds. The molecule has 1 fully saturated rings. The van der Waals surface area contributed by atoms with Gasteiger partial charge in [0.25, 0.3) is 5.91 Å². The van der Waals surface area contributed by atoms with Gasteiger partial charge in [-0.15, -0.1) is 0 Å². The molecule has 4 atom stereocenters. The number of nitrogens with zero attached hydrogens (tertiary/aromatic N) is 4. The second kappa shape index (κ2) is 9.00. The van der Waals surface area contributed by atoms with Crippen LogP contribution in [0.2, 0.25) is 0 Å². The molecule has 0 bridgehead atoms. The quantitative estimate of drug-likeness (QED) is 0.705. The summed E-state index contributed by atoms with van der Waals surface area (Å²) in [5.74, 6) is 0.0390. The zero-order valence-electron chi connectivity index (χ0n) is 17.8. The Morgan fingerprint density at radius 1 is 1.48 bits per heavy atom. The first-order chi connectivity index (χ1) is 13.9. The number of aromatic nitrogens is 4. The van der Waals surface area contributed by atoms with Gasteiger partial charge in [0.2, 0.25) is 0 Å². The predicted molar refractivity (Wildman–Crippen MR) is 110 cm³/mol. The lowest BCUT2D eigenvalue weighted by Crippen LogP contribution is -2.50. The third-order valence-electron chi connectivity index (χ3n) is 6.60. The van der Waals surface area contributed by atoms with Crippen LogP contribution in [0, 0.1) is 11.8 Å². The van der Waals surface area contributed by atoms with E-state index in [4.69, 9.17) is 10.5 Å². The van der Waals surface area contributed by atoms with E-state index in [2.05, 4.69) is 46.1 Å². The Kier molecular flexibility index (Phi) is 6.64. The van der Waals surface area contributed by atoms with E-state index in [-0.39, 0.29) is 17.7 Å². The number of pyridine rings is 1. The Labute approximate surface area is 172 Å². The Morgan fingerprint density at radius 2 is 2.28 bits per heavy atom. The van der Waals surface area contributed by atoms with Crippen molar-refractivity contribution < 1.29 is 9.53 Å². The highest BCUT2D eigenvalue weighted by atomic mass is 16.5. The number of nitrogens with two attached hydrogens (primary N) is 1. The van der Waals surface area contributed by atoms with E-state index in [1.165, 1.54) is 0 Å². The van der Waals surface area contributed by atoms with Crippen molar-refractivity contribution in [1.29, 1.82) is 0 Å². The third-order valence-corrected chi connectivity index (χ3v) is 6.60. The SMILES string of the molecule is CCN(CC1CCCC(C)C1(OC)c1ccnc(C(N)=O)c1)[C@H](C)c1cn[nH]n1. The minimum absolute atomic E-state index is 0.143. The lowest BCUT2D eigenvalue weighted by atomic mass is 9.65. The maximum atomic E-state index is 11.7. The van der Waals surface area contributed by atoms with Crippen molar-refractivity contribution in [2.45, 2.75) is 51.7 Å². The first-order valence-electron chi connectivity index (χ1n) is 10.3. The molecule has 0 saturated heterocycles. The molecule has 3 unspecified atom stereocenters. The predicted octanol–water partition coefficient (Wildman–Crippen LogP) is 2.66. The molecule has 1 saturated carbocycles. The molecule has 2 aromatic rings. The minimum Gasteiger partial charge on any atom is -0.373 e. The third kappa shape index (κ3) is 4.04. The fourth-order valence-corrected chi connectivity index (χ4v) is 4.99. The molecule has 0 radical (unpaired) electrons. The van der Waals surface area contributed by atoms with Crippen molar-refractivity contribution in [2.24, 2.45) is 17.6 Å². The number of amides is 1. The van der Waals surface area contributed by atoms with Crippen molar-refractivity contribution in [3.63, 3.8) is 0 Å². The minimum atomic E-state index is -0.520. The molecule has 3 rings (SSSR count). The van der Waals surface area contributed by atoms with Gasteiger partial charge in [0.05, 0.1) is 23.5 Å². The van der Waals surface area contributed by atoms with Crippen LogP contribution in [0.25, 0.3) is 0 Å². The lowest BCUT2D eigenvalue weighted by Gasteiger charge is -2.49. The molecule has 0 spiro atoms. The maximum absolute atomic E-state index is 11.7. The highest BCUT2D eigenvalue weighted by Crippen LogP contribution is 2.49. The summed E-state index contributed by atoms with van der Waals surface area (Å²) in [6, 6.07) is 3.91. The van der Waals surface area contributed by atoms with E-state index in [1.807, 2.05) is 6.07 Å². The van der Waals surface area contributed by atoms with Gasteiger partial charge in [-0.05, 0) is 49.9 Å². The number of hydrogen-bond donors (Lipinski definition) is 2. The van der Waals surface area contributed by atoms with Crippen molar-refractivity contribution in [1.82, 2.24) is 25.3 Å². The summed E-state index contributed by atoms with van der Waals surface area (Å²) in [6.07, 6.45) is 6.71. The van der Waals surface area contributed by atoms with Gasteiger partial charge >= 0.3 is 0 Å². The molecular formula is C21H32N6O2. The number of rotatable bonds is 8. The summed E-state index contributed by atoms with van der Waals surface area (Å²) in [6.45, 7) is 8.30. The van der Waals surface area contributed by atoms with Crippen LogP contribution in [0.4, 0.5) is 0 Å². The normalized spacial score (nSPS) is 25.8. The summed E-state index contributed by atoms with van der Waals surface area (Å²) < 4.78 is 6.30. The van der Waals surface area contributed by atoms with E-state index in [0.29, 0.717) is 5.92 Å². The molecule has 3 N–H and O–H groups in total. The van der Waals surface area contributed by atoms with Gasteiger partial charge in [-0.2, -0.15) is 15.4 Å². The van der Waals surface area contributed by atoms with E-state index >= 15 is 0 Å². The Hall–Kier alpha value is -2.32. The second-order valence-corrected chi connectivity index (χ2v) is 7.98. The van der Waals surface area contributed by atoms with Crippen LogP contribution < -0.4 is 5.73 Å². The Balaban J connectivity index is 1.96. The molecule has 158 valence electrons. The molecule has 8 heteroatoms. The summed E-state index contributed by atoms with van der Waals surface area (Å²) in [7, 11) is 1.77. The zero-order chi connectivity index (χ0) is 21.0. The highest BCUT2D eigenvalue weighted by Gasteiger charge is 2.48. The second-order valence-electron chi connectivity index (χ2n) is 7.98. The molecule has 8 nitrogen and oxygen atoms in total. The smallest absolute Gasteiger partial charge is 0.267 e. The van der Waals surface area contributed by atoms with Gasteiger partial charge in [0, 0.05) is 25.8 Å². The fraction of sp³-hybridized carbons (Fsp3) is 0.619. The maximum Gasteiger partial charge on any atom is 0.267 e. The number of ether oxygens (including phenoxy) is 1. The van der Waals surface area contributed by atoms with Crippen molar-refractivity contribution in [3.05, 3.63) is 41.5 Å². The number of methoxy groups -OCH3 is 1. The van der Waals surface area contributed by atoms with Crippen LogP contribution in [0.5, 0.6) is 0 Å². The molecular weight excluding hydrogens is 368 g/mol. The number of carbonyl (C=O) groups excluding carboxylic acids is 1. The Bertz CT molecular complexity index is 811. The van der Waals surface area contributed by atoms with Crippen LogP contribution in [-0.2, 0) is 10.3 Å². The van der Waals surface area contributed by atoms with E-state index in [9.17, 15) is 4.79 Å². The van der Waals surface area contributed by atoms with Crippen LogP contribution in [0.3, 0.4) is 0 Å². The summed E-state index contributed by atoms with van der Waals surface area (Å²) in [5.41, 5.74) is 7.18. The highest BCUT2D eigenvalue weighted by molar-refractivity contribution is 5.90. The fourth-order valence-electron chi connectivity index (χ4n) is 4.99. The van der Waals surface area contributed by atoms with Gasteiger partial charge in [-0.3, -0.25) is 14.7 Å². The average Bonchev–Trinajstić information content (AvgIpc) is 3.27. The Morgan fingerprint density at radius 3 is 2.90 bits per heavy atom. The number of H-pyrrole nitrogens is 1. The van der Waals surface area contributed by atoms with Crippen LogP contribution >= 0.6 is 0 Å². The van der Waals surface area contributed by atoms with E-state index in [0.717, 1.165) is 43.6 Å². The molecule has 2 heterocycles. The summed E-state index contributed by atoms with van der Waals surface area (Å²) >= 11 is 0. The average molecular weight is 401 g/mol. The number of nitrogens with one attached hydrogen (secondary N) is 1. The molecule has 1 aliphatic carbocycles. The zero-order valence-corrected chi connectivity index (χ0v) is 17.8. The standard InChI is InChI=1S/C21H32N6O2/c1-5-27(15(3)19-12-24-26-25-19)13-17-8-6-7-14(2)21(17,29-4)16-9-10-23-18(11-16)20(22)28/h9-12,14-15,17H,5-8,13H2,1-4H3,(H2,22,28)(H,24,25,26)/t14?,15-,17?,21?/m1/s1. The van der Waals surface area contributed by atoms with Crippen LogP contribution in [0.15, 0.2) is 24.5 Å². The molecule has 1 aliphatic rings. The van der Waals surface area contributed by atoms with Crippen molar-refractivity contribution in [3.8, 4) is 0 Å². The van der Waals surface area contributed by atoms with Gasteiger partial charge in [-0.25, -0.2) is 0 Å². The molecule has 0 aliphatic heterocycles. The molecule has 2 aromatic heterocycles. The van der Waals surface area contributed by atoms with E-state index < -0.39 is 11.5 Å². The first-order valence-corrected chi connectivity index (χ1v) is 10.3. The van der Waals surface area contributed by atoms with Crippen molar-refractivity contribution in [2.75, 3.05) is 20.2 Å². The van der Waals surface area contributed by atoms with Crippen LogP contribution in [0.1, 0.15) is 67.8 Å². The van der Waals surface area contributed by atoms with Crippen molar-refractivity contribution >= 4 is 5.91 Å². The first kappa shape index (κ1) is 21.4. The topological polar surface area (TPSA) is 110 Å². The molecule has 0 aromatic carbocycles. The lowest BCUT2D eigenvalue weighted by molar-refractivity contribution is -0.134. The van der Waals surface area contributed by atoms with Gasteiger partial charge in [0.1, 0.15) is 5.69 Å². The number of aromatic amines is 1. The number of hydrogen-bond acceptors (Lipinski definition) is 6. The monoisotopic (exact) mass is 400 g/mol. The number of carbonyl (C=O) groups is 1. The summed E-state index contributed by atoms with van der Waals surface area (Å²) in [4.78, 5) is 18.3. The van der Waals surface area contributed by atoms with Gasteiger partial charge in [0.15, 0.2) is 0 Å².